The van der Waals surface area contributed by atoms with Gasteiger partial charge in [-0.15, -0.1) is 0 Å². The van der Waals surface area contributed by atoms with Crippen molar-refractivity contribution >= 4 is 5.69 Å². The average Bonchev–Trinajstić information content (AvgIpc) is 2.18. The van der Waals surface area contributed by atoms with E-state index in [0.717, 1.165) is 5.56 Å². The molecule has 0 aromatic heterocycles. The van der Waals surface area contributed by atoms with E-state index in [-0.39, 0.29) is 11.7 Å². The molecule has 5 heteroatoms. The Morgan fingerprint density at radius 3 is 2.88 bits per heavy atom. The molecule has 1 aromatic rings. The molecule has 2 N–H and O–H groups in total. The molecule has 0 spiro atoms. The molecule has 16 heavy (non-hydrogen) atoms. The lowest BCUT2D eigenvalue weighted by molar-refractivity contribution is -0.385. The molecule has 86 valence electrons. The van der Waals surface area contributed by atoms with Crippen LogP contribution in [0.1, 0.15) is 19.4 Å². The highest BCUT2D eigenvalue weighted by atomic mass is 16.6. The number of benzene rings is 1. The molecule has 1 aliphatic rings. The van der Waals surface area contributed by atoms with Crippen LogP contribution < -0.4 is 10.5 Å². The Labute approximate surface area is 93.4 Å². The van der Waals surface area contributed by atoms with Gasteiger partial charge in [0.25, 0.3) is 5.69 Å². The second-order valence-corrected chi connectivity index (χ2v) is 4.57. The zero-order chi connectivity index (χ0) is 11.9. The minimum absolute atomic E-state index is 0.0780. The molecule has 5 nitrogen and oxygen atoms in total. The molecule has 0 saturated heterocycles. The van der Waals surface area contributed by atoms with Crippen LogP contribution in [0.25, 0.3) is 0 Å². The maximum absolute atomic E-state index is 10.6. The first-order valence-corrected chi connectivity index (χ1v) is 5.12. The van der Waals surface area contributed by atoms with Crippen LogP contribution in [-0.2, 0) is 6.42 Å². The molecule has 0 aliphatic carbocycles. The van der Waals surface area contributed by atoms with Gasteiger partial charge in [0.1, 0.15) is 11.4 Å². The first kappa shape index (κ1) is 10.9. The van der Waals surface area contributed by atoms with E-state index in [4.69, 9.17) is 10.5 Å². The van der Waals surface area contributed by atoms with Crippen LogP contribution in [0.4, 0.5) is 5.69 Å². The third-order valence-electron chi connectivity index (χ3n) is 2.96. The van der Waals surface area contributed by atoms with Gasteiger partial charge in [0.05, 0.1) is 4.92 Å². The second-order valence-electron chi connectivity index (χ2n) is 4.57. The Balaban J connectivity index is 2.40. The van der Waals surface area contributed by atoms with Crippen molar-refractivity contribution in [1.82, 2.24) is 0 Å². The maximum Gasteiger partial charge on any atom is 0.269 e. The van der Waals surface area contributed by atoms with Gasteiger partial charge in [-0.2, -0.15) is 0 Å². The van der Waals surface area contributed by atoms with Crippen LogP contribution in [0.5, 0.6) is 5.75 Å². The van der Waals surface area contributed by atoms with Gasteiger partial charge in [0, 0.05) is 23.7 Å². The second kappa shape index (κ2) is 3.45. The summed E-state index contributed by atoms with van der Waals surface area (Å²) in [5.74, 6) is 0.692. The third-order valence-corrected chi connectivity index (χ3v) is 2.96. The van der Waals surface area contributed by atoms with Crippen molar-refractivity contribution in [3.8, 4) is 5.75 Å². The quantitative estimate of drug-likeness (QED) is 0.578. The summed E-state index contributed by atoms with van der Waals surface area (Å²) in [6.07, 6.45) is 0.601. The van der Waals surface area contributed by atoms with Crippen molar-refractivity contribution < 1.29 is 9.66 Å². The summed E-state index contributed by atoms with van der Waals surface area (Å²) in [4.78, 5) is 10.2. The SMILES string of the molecule is CC1(C)Oc2ccc([N+](=O)[O-])cc2CC1N. The number of hydrogen-bond donors (Lipinski definition) is 1. The molecule has 0 fully saturated rings. The Bertz CT molecular complexity index is 443. The van der Waals surface area contributed by atoms with Gasteiger partial charge >= 0.3 is 0 Å². The fourth-order valence-electron chi connectivity index (χ4n) is 1.78. The van der Waals surface area contributed by atoms with Crippen LogP contribution >= 0.6 is 0 Å². The molecular formula is C11H14N2O3. The van der Waals surface area contributed by atoms with E-state index in [1.807, 2.05) is 13.8 Å². The summed E-state index contributed by atoms with van der Waals surface area (Å²) in [7, 11) is 0. The predicted molar refractivity (Wildman–Crippen MR) is 59.5 cm³/mol. The van der Waals surface area contributed by atoms with Crippen molar-refractivity contribution in [3.05, 3.63) is 33.9 Å². The zero-order valence-corrected chi connectivity index (χ0v) is 9.27. The van der Waals surface area contributed by atoms with Gasteiger partial charge in [-0.05, 0) is 26.3 Å². The highest BCUT2D eigenvalue weighted by molar-refractivity contribution is 5.46. The Hall–Kier alpha value is -1.62. The molecule has 2 rings (SSSR count). The summed E-state index contributed by atoms with van der Waals surface area (Å²) >= 11 is 0. The van der Waals surface area contributed by atoms with E-state index in [1.54, 1.807) is 6.07 Å². The number of nitro groups is 1. The summed E-state index contributed by atoms with van der Waals surface area (Å²) in [5, 5.41) is 10.6. The van der Waals surface area contributed by atoms with Crippen molar-refractivity contribution in [1.29, 1.82) is 0 Å². The fourth-order valence-corrected chi connectivity index (χ4v) is 1.78. The lowest BCUT2D eigenvalue weighted by Crippen LogP contribution is -2.51. The molecule has 0 saturated carbocycles. The van der Waals surface area contributed by atoms with Crippen LogP contribution in [0.2, 0.25) is 0 Å². The number of nitrogens with two attached hydrogens (primary N) is 1. The summed E-state index contributed by atoms with van der Waals surface area (Å²) < 4.78 is 5.72. The van der Waals surface area contributed by atoms with E-state index in [2.05, 4.69) is 0 Å². The molecule has 0 bridgehead atoms. The number of ether oxygens (including phenoxy) is 1. The summed E-state index contributed by atoms with van der Waals surface area (Å²) in [6, 6.07) is 4.47. The van der Waals surface area contributed by atoms with Crippen LogP contribution in [0.15, 0.2) is 18.2 Å². The fraction of sp³-hybridized carbons (Fsp3) is 0.455. The highest BCUT2D eigenvalue weighted by Gasteiger charge is 2.34. The smallest absolute Gasteiger partial charge is 0.269 e. The first-order chi connectivity index (χ1) is 7.40. The molecule has 0 radical (unpaired) electrons. The molecule has 1 unspecified atom stereocenters. The normalized spacial score (nSPS) is 22.1. The number of nitro benzene ring substituents is 1. The number of non-ortho nitro benzene ring substituents is 1. The average molecular weight is 222 g/mol. The van der Waals surface area contributed by atoms with Gasteiger partial charge in [-0.25, -0.2) is 0 Å². The lowest BCUT2D eigenvalue weighted by Gasteiger charge is -2.37. The zero-order valence-electron chi connectivity index (χ0n) is 9.27. The number of rotatable bonds is 1. The molecule has 1 heterocycles. The van der Waals surface area contributed by atoms with Gasteiger partial charge in [-0.1, -0.05) is 0 Å². The van der Waals surface area contributed by atoms with E-state index < -0.39 is 10.5 Å². The molecule has 1 aromatic carbocycles. The largest absolute Gasteiger partial charge is 0.486 e. The van der Waals surface area contributed by atoms with Crippen LogP contribution in [-0.4, -0.2) is 16.6 Å². The lowest BCUT2D eigenvalue weighted by atomic mass is 9.89. The van der Waals surface area contributed by atoms with Gasteiger partial charge in [-0.3, -0.25) is 10.1 Å². The van der Waals surface area contributed by atoms with E-state index in [0.29, 0.717) is 12.2 Å². The molecule has 1 aliphatic heterocycles. The number of fused-ring (bicyclic) bond motifs is 1. The van der Waals surface area contributed by atoms with Crippen LogP contribution in [0.3, 0.4) is 0 Å². The van der Waals surface area contributed by atoms with E-state index in [9.17, 15) is 10.1 Å². The van der Waals surface area contributed by atoms with E-state index >= 15 is 0 Å². The standard InChI is InChI=1S/C11H14N2O3/c1-11(2)10(12)6-7-5-8(13(14)15)3-4-9(7)16-11/h3-5,10H,6,12H2,1-2H3. The molecular weight excluding hydrogens is 208 g/mol. The maximum atomic E-state index is 10.6. The van der Waals surface area contributed by atoms with Gasteiger partial charge in [0.15, 0.2) is 0 Å². The highest BCUT2D eigenvalue weighted by Crippen LogP contribution is 2.34. The van der Waals surface area contributed by atoms with Crippen molar-refractivity contribution in [3.63, 3.8) is 0 Å². The minimum Gasteiger partial charge on any atom is -0.486 e. The molecule has 0 amide bonds. The first-order valence-electron chi connectivity index (χ1n) is 5.12. The van der Waals surface area contributed by atoms with Crippen molar-refractivity contribution in [2.45, 2.75) is 31.9 Å². The number of hydrogen-bond acceptors (Lipinski definition) is 4. The minimum atomic E-state index is -0.427. The Morgan fingerprint density at radius 1 is 1.56 bits per heavy atom. The van der Waals surface area contributed by atoms with Crippen molar-refractivity contribution in [2.75, 3.05) is 0 Å². The Kier molecular flexibility index (Phi) is 2.35. The van der Waals surface area contributed by atoms with Crippen molar-refractivity contribution in [2.24, 2.45) is 5.73 Å². The third kappa shape index (κ3) is 1.74. The van der Waals surface area contributed by atoms with Gasteiger partial charge in [0.2, 0.25) is 0 Å². The van der Waals surface area contributed by atoms with E-state index in [1.165, 1.54) is 12.1 Å². The summed E-state index contributed by atoms with van der Waals surface area (Å²) in [5.41, 5.74) is 6.42. The monoisotopic (exact) mass is 222 g/mol. The number of nitrogens with zero attached hydrogens (tertiary/aromatic N) is 1. The van der Waals surface area contributed by atoms with Gasteiger partial charge < -0.3 is 10.5 Å². The Morgan fingerprint density at radius 2 is 2.25 bits per heavy atom. The topological polar surface area (TPSA) is 78.4 Å². The summed E-state index contributed by atoms with van der Waals surface area (Å²) in [6.45, 7) is 3.84. The predicted octanol–water partition coefficient (Wildman–Crippen LogP) is 1.64. The molecule has 1 atom stereocenters. The van der Waals surface area contributed by atoms with Crippen LogP contribution in [0, 0.1) is 10.1 Å².